The smallest absolute Gasteiger partial charge is 0.270 e. The summed E-state index contributed by atoms with van der Waals surface area (Å²) in [5.41, 5.74) is -0.239. The molecule has 1 aromatic carbocycles. The number of hydrogen-bond acceptors (Lipinski definition) is 4. The Hall–Kier alpha value is -1.91. The predicted molar refractivity (Wildman–Crippen MR) is 56.1 cm³/mol. The molecule has 1 rings (SSSR count). The van der Waals surface area contributed by atoms with Gasteiger partial charge in [0.1, 0.15) is 0 Å². The molecule has 0 saturated heterocycles. The molecule has 0 atom stereocenters. The molecule has 0 aromatic heterocycles. The molecule has 0 saturated carbocycles. The van der Waals surface area contributed by atoms with Crippen molar-refractivity contribution in [2.24, 2.45) is 0 Å². The summed E-state index contributed by atoms with van der Waals surface area (Å²) in [7, 11) is 0. The lowest BCUT2D eigenvalue weighted by Gasteiger charge is -2.23. The Morgan fingerprint density at radius 3 is 2.25 bits per heavy atom. The Balaban J connectivity index is 3.43. The summed E-state index contributed by atoms with van der Waals surface area (Å²) in [4.78, 5) is 20.8. The van der Waals surface area contributed by atoms with Gasteiger partial charge in [0.25, 0.3) is 5.69 Å². The second-order valence-corrected chi connectivity index (χ2v) is 4.52. The summed E-state index contributed by atoms with van der Waals surface area (Å²) >= 11 is 0. The van der Waals surface area contributed by atoms with Gasteiger partial charge in [-0.2, -0.15) is 0 Å². The van der Waals surface area contributed by atoms with Crippen LogP contribution in [-0.2, 0) is 5.41 Å². The topological polar surface area (TPSA) is 83.3 Å². The molecule has 0 unspecified atom stereocenters. The first kappa shape index (κ1) is 12.2. The molecule has 0 N–H and O–H groups in total. The Labute approximate surface area is 92.9 Å². The van der Waals surface area contributed by atoms with Gasteiger partial charge < -0.3 is 9.90 Å². The Morgan fingerprint density at radius 1 is 1.31 bits per heavy atom. The highest BCUT2D eigenvalue weighted by Gasteiger charge is 2.20. The van der Waals surface area contributed by atoms with E-state index in [0.717, 1.165) is 6.07 Å². The second kappa shape index (κ2) is 3.92. The van der Waals surface area contributed by atoms with E-state index in [1.807, 2.05) is 20.8 Å². The van der Waals surface area contributed by atoms with Crippen molar-refractivity contribution >= 4 is 11.7 Å². The van der Waals surface area contributed by atoms with Crippen LogP contribution in [0.4, 0.5) is 5.69 Å². The van der Waals surface area contributed by atoms with Crippen LogP contribution < -0.4 is 5.11 Å². The van der Waals surface area contributed by atoms with E-state index in [0.29, 0.717) is 5.56 Å². The van der Waals surface area contributed by atoms with E-state index in [4.69, 9.17) is 0 Å². The molecule has 0 bridgehead atoms. The predicted octanol–water partition coefficient (Wildman–Crippen LogP) is 1.26. The van der Waals surface area contributed by atoms with Crippen molar-refractivity contribution in [2.45, 2.75) is 26.2 Å². The molecule has 0 radical (unpaired) electrons. The third kappa shape index (κ3) is 2.36. The normalized spacial score (nSPS) is 11.2. The summed E-state index contributed by atoms with van der Waals surface area (Å²) in [5, 5.41) is 21.4. The average Bonchev–Trinajstić information content (AvgIpc) is 2.15. The largest absolute Gasteiger partial charge is 0.545 e. The number of non-ortho nitro benzene ring substituents is 1. The zero-order chi connectivity index (χ0) is 12.5. The fourth-order valence-electron chi connectivity index (χ4n) is 1.47. The van der Waals surface area contributed by atoms with Crippen LogP contribution in [0.1, 0.15) is 36.7 Å². The number of carboxylic acid groups (broad SMARTS) is 1. The zero-order valence-electron chi connectivity index (χ0n) is 9.31. The van der Waals surface area contributed by atoms with Gasteiger partial charge >= 0.3 is 0 Å². The number of hydrogen-bond donors (Lipinski definition) is 0. The van der Waals surface area contributed by atoms with Gasteiger partial charge in [-0.25, -0.2) is 0 Å². The fraction of sp³-hybridized carbons (Fsp3) is 0.364. The molecule has 16 heavy (non-hydrogen) atoms. The van der Waals surface area contributed by atoms with Gasteiger partial charge in [0.2, 0.25) is 0 Å². The fourth-order valence-corrected chi connectivity index (χ4v) is 1.47. The van der Waals surface area contributed by atoms with Crippen molar-refractivity contribution in [1.82, 2.24) is 0 Å². The van der Waals surface area contributed by atoms with Crippen LogP contribution in [0.15, 0.2) is 18.2 Å². The summed E-state index contributed by atoms with van der Waals surface area (Å²) in [6.45, 7) is 5.50. The van der Waals surface area contributed by atoms with E-state index >= 15 is 0 Å². The van der Waals surface area contributed by atoms with E-state index in [1.54, 1.807) is 0 Å². The number of carbonyl (C=O) groups is 1. The SMILES string of the molecule is CC(C)(C)c1ccc([N+](=O)[O-])cc1C(=O)[O-]. The van der Waals surface area contributed by atoms with Crippen molar-refractivity contribution in [3.8, 4) is 0 Å². The van der Waals surface area contributed by atoms with Gasteiger partial charge in [0, 0.05) is 17.7 Å². The van der Waals surface area contributed by atoms with Crippen LogP contribution in [-0.4, -0.2) is 10.9 Å². The van der Waals surface area contributed by atoms with Crippen molar-refractivity contribution < 1.29 is 14.8 Å². The summed E-state index contributed by atoms with van der Waals surface area (Å²) in [6.07, 6.45) is 0. The number of aromatic carboxylic acids is 1. The number of carbonyl (C=O) groups excluding carboxylic acids is 1. The molecule has 0 heterocycles. The molecule has 86 valence electrons. The molecule has 0 aliphatic carbocycles. The van der Waals surface area contributed by atoms with Crippen LogP contribution in [0.25, 0.3) is 0 Å². The highest BCUT2D eigenvalue weighted by atomic mass is 16.6. The molecule has 5 nitrogen and oxygen atoms in total. The third-order valence-corrected chi connectivity index (χ3v) is 2.24. The molecule has 0 amide bonds. The maximum atomic E-state index is 10.9. The lowest BCUT2D eigenvalue weighted by Crippen LogP contribution is -2.27. The summed E-state index contributed by atoms with van der Waals surface area (Å²) in [5.74, 6) is -1.39. The van der Waals surface area contributed by atoms with Crippen LogP contribution in [0.5, 0.6) is 0 Å². The van der Waals surface area contributed by atoms with Gasteiger partial charge in [-0.05, 0) is 11.0 Å². The van der Waals surface area contributed by atoms with Crippen molar-refractivity contribution in [3.63, 3.8) is 0 Å². The highest BCUT2D eigenvalue weighted by molar-refractivity contribution is 5.89. The first-order valence-corrected chi connectivity index (χ1v) is 4.74. The van der Waals surface area contributed by atoms with Crippen LogP contribution in [0.3, 0.4) is 0 Å². The molecular formula is C11H12NO4-. The van der Waals surface area contributed by atoms with Crippen LogP contribution in [0, 0.1) is 10.1 Å². The van der Waals surface area contributed by atoms with E-state index in [-0.39, 0.29) is 11.3 Å². The number of nitro groups is 1. The van der Waals surface area contributed by atoms with Crippen molar-refractivity contribution in [3.05, 3.63) is 39.4 Å². The quantitative estimate of drug-likeness (QED) is 0.557. The van der Waals surface area contributed by atoms with E-state index in [1.165, 1.54) is 12.1 Å². The van der Waals surface area contributed by atoms with Crippen molar-refractivity contribution in [2.75, 3.05) is 0 Å². The molecule has 5 heteroatoms. The minimum absolute atomic E-state index is 0.123. The number of rotatable bonds is 2. The monoisotopic (exact) mass is 222 g/mol. The van der Waals surface area contributed by atoms with Gasteiger partial charge in [-0.15, -0.1) is 0 Å². The molecule has 0 spiro atoms. The van der Waals surface area contributed by atoms with Gasteiger partial charge in [-0.1, -0.05) is 26.8 Å². The second-order valence-electron chi connectivity index (χ2n) is 4.52. The molecule has 1 aromatic rings. The molecular weight excluding hydrogens is 210 g/mol. The molecule has 0 aliphatic heterocycles. The lowest BCUT2D eigenvalue weighted by molar-refractivity contribution is -0.385. The molecule has 0 fully saturated rings. The van der Waals surface area contributed by atoms with Gasteiger partial charge in [-0.3, -0.25) is 10.1 Å². The Morgan fingerprint density at radius 2 is 1.88 bits per heavy atom. The highest BCUT2D eigenvalue weighted by Crippen LogP contribution is 2.28. The Kier molecular flexibility index (Phi) is 2.98. The number of nitrogens with zero attached hydrogens (tertiary/aromatic N) is 1. The maximum absolute atomic E-state index is 10.9. The minimum atomic E-state index is -1.39. The number of benzene rings is 1. The zero-order valence-corrected chi connectivity index (χ0v) is 9.31. The standard InChI is InChI=1S/C11H13NO4/c1-11(2,3)9-5-4-7(12(15)16)6-8(9)10(13)14/h4-6H,1-3H3,(H,13,14)/p-1. The van der Waals surface area contributed by atoms with Gasteiger partial charge in [0.05, 0.1) is 10.9 Å². The number of nitro benzene ring substituents is 1. The van der Waals surface area contributed by atoms with E-state index in [2.05, 4.69) is 0 Å². The first-order chi connectivity index (χ1) is 7.23. The summed E-state index contributed by atoms with van der Waals surface area (Å²) < 4.78 is 0. The Bertz CT molecular complexity index is 446. The van der Waals surface area contributed by atoms with E-state index in [9.17, 15) is 20.0 Å². The van der Waals surface area contributed by atoms with Crippen LogP contribution in [0.2, 0.25) is 0 Å². The van der Waals surface area contributed by atoms with Gasteiger partial charge in [0.15, 0.2) is 0 Å². The number of carboxylic acids is 1. The molecule has 0 aliphatic rings. The average molecular weight is 222 g/mol. The third-order valence-electron chi connectivity index (χ3n) is 2.24. The van der Waals surface area contributed by atoms with Crippen LogP contribution >= 0.6 is 0 Å². The summed E-state index contributed by atoms with van der Waals surface area (Å²) in [6, 6.07) is 3.80. The van der Waals surface area contributed by atoms with Crippen molar-refractivity contribution in [1.29, 1.82) is 0 Å². The lowest BCUT2D eigenvalue weighted by atomic mass is 9.83. The first-order valence-electron chi connectivity index (χ1n) is 4.74. The van der Waals surface area contributed by atoms with E-state index < -0.39 is 16.3 Å². The minimum Gasteiger partial charge on any atom is -0.545 e. The maximum Gasteiger partial charge on any atom is 0.270 e.